The summed E-state index contributed by atoms with van der Waals surface area (Å²) in [5.74, 6) is 1.59. The van der Waals surface area contributed by atoms with Crippen LogP contribution in [0.3, 0.4) is 0 Å². The van der Waals surface area contributed by atoms with Gasteiger partial charge < -0.3 is 4.74 Å². The number of ether oxygens (including phenoxy) is 1. The summed E-state index contributed by atoms with van der Waals surface area (Å²) in [4.78, 5) is 11.7. The average molecular weight is 392 g/mol. The molecule has 1 aromatic heterocycles. The fourth-order valence-corrected chi connectivity index (χ4v) is 5.20. The molecule has 6 heteroatoms. The Kier molecular flexibility index (Phi) is 4.84. The van der Waals surface area contributed by atoms with Crippen molar-refractivity contribution < 1.29 is 4.74 Å². The third-order valence-electron chi connectivity index (χ3n) is 5.70. The number of rotatable bonds is 3. The third-order valence-corrected chi connectivity index (χ3v) is 6.20. The Morgan fingerprint density at radius 3 is 2.92 bits per heavy atom. The van der Waals surface area contributed by atoms with Crippen molar-refractivity contribution in [3.8, 4) is 5.75 Å². The number of hydrogen-bond acceptors (Lipinski definition) is 4. The highest BCUT2D eigenvalue weighted by molar-refractivity contribution is 6.35. The summed E-state index contributed by atoms with van der Waals surface area (Å²) < 4.78 is 5.52. The van der Waals surface area contributed by atoms with Crippen LogP contribution < -0.4 is 4.74 Å². The van der Waals surface area contributed by atoms with Gasteiger partial charge in [0.25, 0.3) is 0 Å². The molecule has 0 saturated carbocycles. The summed E-state index contributed by atoms with van der Waals surface area (Å²) in [7, 11) is 1.66. The van der Waals surface area contributed by atoms with Crippen LogP contribution in [0.5, 0.6) is 5.75 Å². The summed E-state index contributed by atoms with van der Waals surface area (Å²) in [6.07, 6.45) is 6.62. The molecule has 1 spiro atoms. The minimum absolute atomic E-state index is 0.150. The Labute approximate surface area is 164 Å². The minimum Gasteiger partial charge on any atom is -0.495 e. The number of nitrogens with zero attached hydrogens (tertiary/aromatic N) is 3. The highest BCUT2D eigenvalue weighted by atomic mass is 35.5. The van der Waals surface area contributed by atoms with E-state index < -0.39 is 0 Å². The summed E-state index contributed by atoms with van der Waals surface area (Å²) >= 11 is 12.5. The second-order valence-electron chi connectivity index (χ2n) is 7.47. The van der Waals surface area contributed by atoms with Gasteiger partial charge in [-0.05, 0) is 56.8 Å². The summed E-state index contributed by atoms with van der Waals surface area (Å²) in [5, 5.41) is 1.21. The monoisotopic (exact) mass is 391 g/mol. The van der Waals surface area contributed by atoms with E-state index in [1.54, 1.807) is 13.2 Å². The van der Waals surface area contributed by atoms with Crippen molar-refractivity contribution in [1.29, 1.82) is 0 Å². The van der Waals surface area contributed by atoms with Crippen LogP contribution in [-0.2, 0) is 18.4 Å². The van der Waals surface area contributed by atoms with E-state index in [1.807, 2.05) is 19.2 Å². The van der Waals surface area contributed by atoms with Crippen molar-refractivity contribution in [3.05, 3.63) is 51.0 Å². The van der Waals surface area contributed by atoms with E-state index in [1.165, 1.54) is 24.1 Å². The van der Waals surface area contributed by atoms with Gasteiger partial charge in [0.05, 0.1) is 17.8 Å². The summed E-state index contributed by atoms with van der Waals surface area (Å²) in [5.41, 5.74) is 3.78. The van der Waals surface area contributed by atoms with Crippen LogP contribution >= 0.6 is 23.2 Å². The number of aryl methyl sites for hydroxylation is 2. The molecule has 138 valence electrons. The standard InChI is InChI=1S/C20H23Cl2N3O/c1-13-23-10-14-4-6-20(19(14)24-13)5-3-7-25(12-20)11-15-8-16(21)9-17(22)18(15)26-2/h8-10H,3-7,11-12H2,1-2H3. The molecule has 1 aromatic carbocycles. The van der Waals surface area contributed by atoms with Gasteiger partial charge in [-0.1, -0.05) is 23.2 Å². The van der Waals surface area contributed by atoms with Crippen LogP contribution in [0.4, 0.5) is 0 Å². The number of hydrogen-bond donors (Lipinski definition) is 0. The van der Waals surface area contributed by atoms with Crippen molar-refractivity contribution in [2.75, 3.05) is 20.2 Å². The second-order valence-corrected chi connectivity index (χ2v) is 8.31. The van der Waals surface area contributed by atoms with Gasteiger partial charge in [-0.15, -0.1) is 0 Å². The lowest BCUT2D eigenvalue weighted by Crippen LogP contribution is -2.45. The molecule has 2 heterocycles. The summed E-state index contributed by atoms with van der Waals surface area (Å²) in [6, 6.07) is 3.69. The van der Waals surface area contributed by atoms with Gasteiger partial charge in [-0.25, -0.2) is 9.97 Å². The lowest BCUT2D eigenvalue weighted by atomic mass is 9.77. The van der Waals surface area contributed by atoms with Gasteiger partial charge in [0.2, 0.25) is 0 Å². The average Bonchev–Trinajstić information content (AvgIpc) is 2.92. The van der Waals surface area contributed by atoms with E-state index >= 15 is 0 Å². The predicted molar refractivity (Wildman–Crippen MR) is 104 cm³/mol. The molecular formula is C20H23Cl2N3O. The fraction of sp³-hybridized carbons (Fsp3) is 0.500. The summed E-state index contributed by atoms with van der Waals surface area (Å²) in [6.45, 7) is 4.83. The van der Waals surface area contributed by atoms with Crippen molar-refractivity contribution in [3.63, 3.8) is 0 Å². The molecule has 2 aliphatic rings. The van der Waals surface area contributed by atoms with Gasteiger partial charge in [0.15, 0.2) is 0 Å². The topological polar surface area (TPSA) is 38.2 Å². The molecule has 26 heavy (non-hydrogen) atoms. The van der Waals surface area contributed by atoms with Crippen LogP contribution in [-0.4, -0.2) is 35.1 Å². The number of benzene rings is 1. The van der Waals surface area contributed by atoms with Gasteiger partial charge in [0.1, 0.15) is 11.6 Å². The number of methoxy groups -OCH3 is 1. The fourth-order valence-electron chi connectivity index (χ4n) is 4.59. The molecule has 1 saturated heterocycles. The van der Waals surface area contributed by atoms with E-state index in [-0.39, 0.29) is 5.41 Å². The Morgan fingerprint density at radius 1 is 1.27 bits per heavy atom. The zero-order valence-corrected chi connectivity index (χ0v) is 16.7. The van der Waals surface area contributed by atoms with Crippen LogP contribution in [0.1, 0.15) is 41.9 Å². The van der Waals surface area contributed by atoms with E-state index in [2.05, 4.69) is 9.88 Å². The molecule has 4 rings (SSSR count). The van der Waals surface area contributed by atoms with Crippen molar-refractivity contribution in [1.82, 2.24) is 14.9 Å². The van der Waals surface area contributed by atoms with Crippen LogP contribution in [0.15, 0.2) is 18.3 Å². The highest BCUT2D eigenvalue weighted by Crippen LogP contribution is 2.44. The molecule has 1 aliphatic carbocycles. The van der Waals surface area contributed by atoms with E-state index in [9.17, 15) is 0 Å². The normalized spacial score (nSPS) is 22.6. The number of fused-ring (bicyclic) bond motifs is 2. The van der Waals surface area contributed by atoms with E-state index in [0.29, 0.717) is 10.0 Å². The molecule has 1 aliphatic heterocycles. The molecule has 1 fully saturated rings. The molecule has 0 radical (unpaired) electrons. The van der Waals surface area contributed by atoms with Crippen LogP contribution in [0.25, 0.3) is 0 Å². The number of piperidine rings is 1. The van der Waals surface area contributed by atoms with Crippen molar-refractivity contribution in [2.45, 2.75) is 44.6 Å². The first kappa shape index (κ1) is 18.0. The molecule has 2 aromatic rings. The Morgan fingerprint density at radius 2 is 2.12 bits per heavy atom. The first-order chi connectivity index (χ1) is 12.5. The Bertz CT molecular complexity index is 838. The van der Waals surface area contributed by atoms with Gasteiger partial charge in [0, 0.05) is 35.3 Å². The second kappa shape index (κ2) is 6.99. The maximum Gasteiger partial charge on any atom is 0.142 e. The Hall–Kier alpha value is -1.36. The lowest BCUT2D eigenvalue weighted by molar-refractivity contribution is 0.135. The Balaban J connectivity index is 1.61. The number of likely N-dealkylation sites (tertiary alicyclic amines) is 1. The van der Waals surface area contributed by atoms with Gasteiger partial charge in [-0.2, -0.15) is 0 Å². The quantitative estimate of drug-likeness (QED) is 0.767. The maximum absolute atomic E-state index is 6.31. The molecule has 1 unspecified atom stereocenters. The van der Waals surface area contributed by atoms with E-state index in [4.69, 9.17) is 32.9 Å². The first-order valence-corrected chi connectivity index (χ1v) is 9.84. The van der Waals surface area contributed by atoms with Crippen LogP contribution in [0, 0.1) is 6.92 Å². The van der Waals surface area contributed by atoms with Gasteiger partial charge in [-0.3, -0.25) is 4.90 Å². The SMILES string of the molecule is COc1c(Cl)cc(Cl)cc1CN1CCCC2(CCc3cnc(C)nc32)C1. The molecule has 0 amide bonds. The van der Waals surface area contributed by atoms with E-state index in [0.717, 1.165) is 49.6 Å². The van der Waals surface area contributed by atoms with Crippen molar-refractivity contribution >= 4 is 23.2 Å². The molecular weight excluding hydrogens is 369 g/mol. The first-order valence-electron chi connectivity index (χ1n) is 9.08. The molecule has 4 nitrogen and oxygen atoms in total. The molecule has 0 bridgehead atoms. The maximum atomic E-state index is 6.31. The number of aromatic nitrogens is 2. The lowest BCUT2D eigenvalue weighted by Gasteiger charge is -2.40. The van der Waals surface area contributed by atoms with Gasteiger partial charge >= 0.3 is 0 Å². The largest absolute Gasteiger partial charge is 0.495 e. The predicted octanol–water partition coefficient (Wildman–Crippen LogP) is 4.58. The third kappa shape index (κ3) is 3.19. The zero-order chi connectivity index (χ0) is 18.3. The van der Waals surface area contributed by atoms with Crippen LogP contribution in [0.2, 0.25) is 10.0 Å². The number of halogens is 2. The minimum atomic E-state index is 0.150. The molecule has 1 atom stereocenters. The smallest absolute Gasteiger partial charge is 0.142 e. The highest BCUT2D eigenvalue weighted by Gasteiger charge is 2.43. The van der Waals surface area contributed by atoms with Crippen molar-refractivity contribution in [2.24, 2.45) is 0 Å². The zero-order valence-electron chi connectivity index (χ0n) is 15.2. The molecule has 0 N–H and O–H groups in total.